The fourth-order valence-electron chi connectivity index (χ4n) is 0. The van der Waals surface area contributed by atoms with Gasteiger partial charge in [-0.1, -0.05) is 13.6 Å². The molecule has 0 atom stereocenters. The summed E-state index contributed by atoms with van der Waals surface area (Å²) in [6.45, 7) is 4.00. The second-order valence-corrected chi connectivity index (χ2v) is 0.577. The molecule has 0 saturated heterocycles. The Bertz CT molecular complexity index is 6.00. The Morgan fingerprint density at radius 1 is 1.25 bits per heavy atom. The minimum atomic E-state index is 0. The van der Waals surface area contributed by atoms with E-state index in [1.54, 1.807) is 0 Å². The Morgan fingerprint density at radius 2 is 1.25 bits per heavy atom. The molecule has 0 aromatic carbocycles. The van der Waals surface area contributed by atoms with Crippen molar-refractivity contribution in [3.8, 4) is 0 Å². The summed E-state index contributed by atoms with van der Waals surface area (Å²) >= 11 is 0. The topological polar surface area (TPSA) is 0 Å². The van der Waals surface area contributed by atoms with Gasteiger partial charge in [0.05, 0.1) is 0 Å². The van der Waals surface area contributed by atoms with Crippen molar-refractivity contribution < 1.29 is 21.1 Å². The second-order valence-electron chi connectivity index (χ2n) is 0.577. The van der Waals surface area contributed by atoms with Crippen molar-refractivity contribution in [2.45, 2.75) is 13.6 Å². The Hall–Kier alpha value is 0.753. The molecule has 4 heavy (non-hydrogen) atoms. The van der Waals surface area contributed by atoms with Crippen LogP contribution in [0.25, 0.3) is 0 Å². The van der Waals surface area contributed by atoms with Gasteiger partial charge in [-0.2, -0.15) is 0 Å². The molecule has 2 heteroatoms. The van der Waals surface area contributed by atoms with E-state index in [4.69, 9.17) is 0 Å². The van der Waals surface area contributed by atoms with Crippen molar-refractivity contribution in [2.24, 2.45) is 0 Å². The van der Waals surface area contributed by atoms with Crippen LogP contribution < -0.4 is 0 Å². The maximum atomic E-state index is 2.00. The van der Waals surface area contributed by atoms with Gasteiger partial charge in [-0.05, 0) is 0 Å². The molecule has 0 N–H and O–H groups in total. The van der Waals surface area contributed by atoms with Crippen LogP contribution in [-0.4, -0.2) is 7.28 Å². The molecule has 1 radical (unpaired) electrons. The normalized spacial score (nSPS) is 3.50. The third kappa shape index (κ3) is 14.9. The summed E-state index contributed by atoms with van der Waals surface area (Å²) in [4.78, 5) is 0. The first-order chi connectivity index (χ1) is 1.41. The first-order valence-electron chi connectivity index (χ1n) is 1.15. The van der Waals surface area contributed by atoms with Crippen molar-refractivity contribution in [3.63, 3.8) is 0 Å². The molecule has 0 nitrogen and oxygen atoms in total. The van der Waals surface area contributed by atoms with Crippen molar-refractivity contribution in [1.29, 1.82) is 0 Å². The van der Waals surface area contributed by atoms with E-state index in [1.807, 2.05) is 20.9 Å². The van der Waals surface area contributed by atoms with E-state index in [0.29, 0.717) is 0 Å². The molecule has 0 aliphatic heterocycles. The number of hydrogen-bond acceptors (Lipinski definition) is 0. The summed E-state index contributed by atoms with van der Waals surface area (Å²) in [5, 5.41) is 0. The van der Waals surface area contributed by atoms with Gasteiger partial charge in [-0.25, -0.2) is 0 Å². The van der Waals surface area contributed by atoms with Crippen LogP contribution in [0.15, 0.2) is 0 Å². The summed E-state index contributed by atoms with van der Waals surface area (Å²) in [6.07, 6.45) is 0. The molecule has 23 valence electrons. The molecule has 0 saturated carbocycles. The largest absolute Gasteiger partial charge is 0.102 e. The van der Waals surface area contributed by atoms with Crippen LogP contribution in [0.1, 0.15) is 0 Å². The van der Waals surface area contributed by atoms with Crippen LogP contribution in [0.5, 0.6) is 0 Å². The number of rotatable bonds is 0. The molecule has 0 bridgehead atoms. The van der Waals surface area contributed by atoms with Gasteiger partial charge in [0.1, 0.15) is 7.28 Å². The fourth-order valence-corrected chi connectivity index (χ4v) is 0. The van der Waals surface area contributed by atoms with Crippen LogP contribution in [0, 0.1) is 0 Å². The smallest absolute Gasteiger partial charge is 0.0922 e. The average molecular weight is 225 g/mol. The quantitative estimate of drug-likeness (QED) is 0.534. The predicted octanol–water partition coefficient (Wildman–Crippen LogP) is 0.784. The Balaban J connectivity index is 0. The summed E-state index contributed by atoms with van der Waals surface area (Å²) in [6, 6.07) is 0. The van der Waals surface area contributed by atoms with E-state index in [1.165, 1.54) is 0 Å². The molecular weight excluding hydrogens is 219 g/mol. The van der Waals surface area contributed by atoms with Crippen LogP contribution in [0.3, 0.4) is 0 Å². The van der Waals surface area contributed by atoms with Crippen LogP contribution >= 0.6 is 0 Å². The first-order valence-corrected chi connectivity index (χ1v) is 1.15. The van der Waals surface area contributed by atoms with Crippen molar-refractivity contribution in [1.82, 2.24) is 0 Å². The van der Waals surface area contributed by atoms with Crippen molar-refractivity contribution in [2.75, 3.05) is 0 Å². The molecule has 0 spiro atoms. The van der Waals surface area contributed by atoms with E-state index >= 15 is 0 Å². The summed E-state index contributed by atoms with van der Waals surface area (Å²) in [5.74, 6) is 0. The van der Waals surface area contributed by atoms with Crippen molar-refractivity contribution in [3.05, 3.63) is 0 Å². The standard InChI is InChI=1S/C2H6B.W/c1-3-2;/h1-2H3;. The third-order valence-corrected chi connectivity index (χ3v) is 0. The molecular formula is C2H6BW. The van der Waals surface area contributed by atoms with Gasteiger partial charge in [0.25, 0.3) is 0 Å². The van der Waals surface area contributed by atoms with Crippen LogP contribution in [0.4, 0.5) is 0 Å². The molecule has 0 aromatic rings. The fraction of sp³-hybridized carbons (Fsp3) is 1.00. The zero-order chi connectivity index (χ0) is 2.71. The molecule has 0 aliphatic rings. The maximum Gasteiger partial charge on any atom is 0.102 e. The monoisotopic (exact) mass is 225 g/mol. The first kappa shape index (κ1) is 8.83. The molecule has 0 aromatic heterocycles. The van der Waals surface area contributed by atoms with Gasteiger partial charge in [-0.3, -0.25) is 0 Å². The predicted molar refractivity (Wildman–Crippen MR) is 17.5 cm³/mol. The van der Waals surface area contributed by atoms with E-state index < -0.39 is 0 Å². The van der Waals surface area contributed by atoms with Crippen molar-refractivity contribution >= 4 is 7.28 Å². The minimum absolute atomic E-state index is 0. The van der Waals surface area contributed by atoms with E-state index in [2.05, 4.69) is 0 Å². The molecule has 0 aliphatic carbocycles. The van der Waals surface area contributed by atoms with Gasteiger partial charge >= 0.3 is 0 Å². The Morgan fingerprint density at radius 3 is 1.25 bits per heavy atom. The van der Waals surface area contributed by atoms with Gasteiger partial charge in [0.15, 0.2) is 0 Å². The zero-order valence-corrected chi connectivity index (χ0v) is 5.92. The molecule has 0 rings (SSSR count). The Kier molecular flexibility index (Phi) is 20.4. The van der Waals surface area contributed by atoms with E-state index in [9.17, 15) is 0 Å². The van der Waals surface area contributed by atoms with Crippen LogP contribution in [-0.2, 0) is 21.1 Å². The van der Waals surface area contributed by atoms with Gasteiger partial charge < -0.3 is 0 Å². The van der Waals surface area contributed by atoms with Gasteiger partial charge in [0.2, 0.25) is 0 Å². The average Bonchev–Trinajstić information content (AvgIpc) is 0.918. The minimum Gasteiger partial charge on any atom is -0.0922 e. The molecule has 0 amide bonds. The number of hydrogen-bond donors (Lipinski definition) is 0. The van der Waals surface area contributed by atoms with Gasteiger partial charge in [-0.15, -0.1) is 0 Å². The Labute approximate surface area is 42.5 Å². The summed E-state index contributed by atoms with van der Waals surface area (Å²) < 4.78 is 0. The molecule has 0 heterocycles. The third-order valence-electron chi connectivity index (χ3n) is 0. The van der Waals surface area contributed by atoms with Crippen LogP contribution in [0.2, 0.25) is 13.6 Å². The maximum absolute atomic E-state index is 2.00. The molecule has 0 fully saturated rings. The van der Waals surface area contributed by atoms with E-state index in [-0.39, 0.29) is 21.1 Å². The SMILES string of the molecule is C[B]C.[W]. The van der Waals surface area contributed by atoms with Gasteiger partial charge in [0, 0.05) is 21.1 Å². The zero-order valence-electron chi connectivity index (χ0n) is 2.99. The van der Waals surface area contributed by atoms with E-state index in [0.717, 1.165) is 0 Å². The molecule has 0 unspecified atom stereocenters. The summed E-state index contributed by atoms with van der Waals surface area (Å²) in [7, 11) is 2.00. The summed E-state index contributed by atoms with van der Waals surface area (Å²) in [5.41, 5.74) is 0. The second kappa shape index (κ2) is 9.26.